The van der Waals surface area contributed by atoms with Crippen LogP contribution < -0.4 is 0 Å². The van der Waals surface area contributed by atoms with Crippen LogP contribution in [0.15, 0.2) is 18.2 Å². The van der Waals surface area contributed by atoms with E-state index in [0.29, 0.717) is 5.92 Å². The highest BCUT2D eigenvalue weighted by atomic mass is 19.1. The SMILES string of the molecule is CC(C)CN(C)CC(=O)c1cc(F)ccc1O. The molecule has 3 nitrogen and oxygen atoms in total. The molecule has 0 radical (unpaired) electrons. The van der Waals surface area contributed by atoms with Crippen LogP contribution in [-0.2, 0) is 0 Å². The van der Waals surface area contributed by atoms with Crippen LogP contribution in [0.25, 0.3) is 0 Å². The lowest BCUT2D eigenvalue weighted by molar-refractivity contribution is 0.0937. The summed E-state index contributed by atoms with van der Waals surface area (Å²) >= 11 is 0. The summed E-state index contributed by atoms with van der Waals surface area (Å²) in [6.07, 6.45) is 0. The quantitative estimate of drug-likeness (QED) is 0.801. The van der Waals surface area contributed by atoms with E-state index < -0.39 is 5.82 Å². The van der Waals surface area contributed by atoms with Gasteiger partial charge in [0.25, 0.3) is 0 Å². The van der Waals surface area contributed by atoms with Crippen LogP contribution in [0, 0.1) is 11.7 Å². The predicted molar refractivity (Wildman–Crippen MR) is 64.7 cm³/mol. The maximum atomic E-state index is 13.0. The number of likely N-dealkylation sites (N-methyl/N-ethyl adjacent to an activating group) is 1. The number of hydrogen-bond donors (Lipinski definition) is 1. The van der Waals surface area contributed by atoms with E-state index in [0.717, 1.165) is 18.7 Å². The van der Waals surface area contributed by atoms with Crippen molar-refractivity contribution >= 4 is 5.78 Å². The summed E-state index contributed by atoms with van der Waals surface area (Å²) in [5.74, 6) is -0.508. The van der Waals surface area contributed by atoms with E-state index >= 15 is 0 Å². The van der Waals surface area contributed by atoms with E-state index in [1.165, 1.54) is 6.07 Å². The fraction of sp³-hybridized carbons (Fsp3) is 0.462. The first-order valence-corrected chi connectivity index (χ1v) is 5.60. The van der Waals surface area contributed by atoms with Crippen LogP contribution in [0.5, 0.6) is 5.75 Å². The molecule has 0 heterocycles. The lowest BCUT2D eigenvalue weighted by Crippen LogP contribution is -2.29. The van der Waals surface area contributed by atoms with Gasteiger partial charge >= 0.3 is 0 Å². The monoisotopic (exact) mass is 239 g/mol. The van der Waals surface area contributed by atoms with E-state index in [2.05, 4.69) is 13.8 Å². The van der Waals surface area contributed by atoms with Crippen LogP contribution in [0.3, 0.4) is 0 Å². The van der Waals surface area contributed by atoms with Crippen LogP contribution in [0.2, 0.25) is 0 Å². The third-order valence-corrected chi connectivity index (χ3v) is 2.35. The lowest BCUT2D eigenvalue weighted by atomic mass is 10.1. The van der Waals surface area contributed by atoms with Gasteiger partial charge in [0.2, 0.25) is 0 Å². The Balaban J connectivity index is 2.73. The Morgan fingerprint density at radius 3 is 2.71 bits per heavy atom. The molecule has 94 valence electrons. The summed E-state index contributed by atoms with van der Waals surface area (Å²) < 4.78 is 13.0. The van der Waals surface area contributed by atoms with Gasteiger partial charge in [-0.2, -0.15) is 0 Å². The van der Waals surface area contributed by atoms with Gasteiger partial charge in [0.1, 0.15) is 11.6 Å². The number of benzene rings is 1. The number of Topliss-reactive ketones (excluding diaryl/α,β-unsaturated/α-hetero) is 1. The first-order chi connectivity index (χ1) is 7.90. The van der Waals surface area contributed by atoms with Crippen molar-refractivity contribution in [1.29, 1.82) is 0 Å². The Labute approximate surface area is 101 Å². The van der Waals surface area contributed by atoms with Gasteiger partial charge in [0.05, 0.1) is 12.1 Å². The molecule has 0 amide bonds. The van der Waals surface area contributed by atoms with E-state index in [9.17, 15) is 14.3 Å². The summed E-state index contributed by atoms with van der Waals surface area (Å²) in [6.45, 7) is 5.07. The molecule has 0 aromatic heterocycles. The van der Waals surface area contributed by atoms with E-state index in [-0.39, 0.29) is 23.6 Å². The zero-order valence-corrected chi connectivity index (χ0v) is 10.4. The van der Waals surface area contributed by atoms with Crippen LogP contribution in [-0.4, -0.2) is 35.9 Å². The molecule has 0 spiro atoms. The van der Waals surface area contributed by atoms with Crippen LogP contribution in [0.1, 0.15) is 24.2 Å². The fourth-order valence-electron chi connectivity index (χ4n) is 1.75. The molecule has 0 aliphatic rings. The summed E-state index contributed by atoms with van der Waals surface area (Å²) in [7, 11) is 1.83. The van der Waals surface area contributed by atoms with Gasteiger partial charge in [-0.05, 0) is 31.2 Å². The third-order valence-electron chi connectivity index (χ3n) is 2.35. The molecule has 1 rings (SSSR count). The number of carbonyl (C=O) groups excluding carboxylic acids is 1. The smallest absolute Gasteiger partial charge is 0.180 e. The molecule has 0 unspecified atom stereocenters. The van der Waals surface area contributed by atoms with Gasteiger partial charge in [-0.25, -0.2) is 4.39 Å². The highest BCUT2D eigenvalue weighted by Crippen LogP contribution is 2.18. The number of rotatable bonds is 5. The molecule has 1 aromatic carbocycles. The minimum atomic E-state index is -0.516. The minimum absolute atomic E-state index is 0.0422. The number of halogens is 1. The van der Waals surface area contributed by atoms with Crippen molar-refractivity contribution in [1.82, 2.24) is 4.90 Å². The molecule has 0 atom stereocenters. The number of hydrogen-bond acceptors (Lipinski definition) is 3. The number of phenolic OH excluding ortho intramolecular Hbond substituents is 1. The molecule has 4 heteroatoms. The second-order valence-corrected chi connectivity index (χ2v) is 4.68. The Morgan fingerprint density at radius 2 is 2.12 bits per heavy atom. The van der Waals surface area contributed by atoms with Crippen LogP contribution in [0.4, 0.5) is 4.39 Å². The zero-order valence-electron chi connectivity index (χ0n) is 10.4. The average Bonchev–Trinajstić information content (AvgIpc) is 2.20. The van der Waals surface area contributed by atoms with E-state index in [1.807, 2.05) is 11.9 Å². The average molecular weight is 239 g/mol. The van der Waals surface area contributed by atoms with Gasteiger partial charge in [-0.1, -0.05) is 13.8 Å². The molecular weight excluding hydrogens is 221 g/mol. The molecule has 1 N–H and O–H groups in total. The molecule has 0 aliphatic heterocycles. The van der Waals surface area contributed by atoms with Crippen molar-refractivity contribution in [2.24, 2.45) is 5.92 Å². The van der Waals surface area contributed by atoms with Gasteiger partial charge in [0, 0.05) is 6.54 Å². The molecule has 0 bridgehead atoms. The van der Waals surface area contributed by atoms with Gasteiger partial charge in [-0.3, -0.25) is 9.69 Å². The number of aromatic hydroxyl groups is 1. The van der Waals surface area contributed by atoms with E-state index in [4.69, 9.17) is 0 Å². The highest BCUT2D eigenvalue weighted by molar-refractivity contribution is 5.99. The zero-order chi connectivity index (χ0) is 13.0. The number of nitrogens with zero attached hydrogens (tertiary/aromatic N) is 1. The predicted octanol–water partition coefficient (Wildman–Crippen LogP) is 2.30. The largest absolute Gasteiger partial charge is 0.507 e. The summed E-state index contributed by atoms with van der Waals surface area (Å²) in [4.78, 5) is 13.7. The second kappa shape index (κ2) is 5.77. The summed E-state index contributed by atoms with van der Waals surface area (Å²) in [6, 6.07) is 3.40. The summed E-state index contributed by atoms with van der Waals surface area (Å²) in [5.41, 5.74) is 0.0422. The molecule has 17 heavy (non-hydrogen) atoms. The van der Waals surface area contributed by atoms with E-state index in [1.54, 1.807) is 0 Å². The lowest BCUT2D eigenvalue weighted by Gasteiger charge is -2.18. The Hall–Kier alpha value is -1.42. The third kappa shape index (κ3) is 4.15. The minimum Gasteiger partial charge on any atom is -0.507 e. The second-order valence-electron chi connectivity index (χ2n) is 4.68. The fourth-order valence-corrected chi connectivity index (χ4v) is 1.75. The first-order valence-electron chi connectivity index (χ1n) is 5.60. The van der Waals surface area contributed by atoms with Gasteiger partial charge in [0.15, 0.2) is 5.78 Å². The molecule has 1 aromatic rings. The van der Waals surface area contributed by atoms with Crippen molar-refractivity contribution in [3.05, 3.63) is 29.6 Å². The number of ketones is 1. The molecule has 0 fully saturated rings. The van der Waals surface area contributed by atoms with Crippen molar-refractivity contribution in [2.45, 2.75) is 13.8 Å². The maximum absolute atomic E-state index is 13.0. The Kier molecular flexibility index (Phi) is 4.63. The van der Waals surface area contributed by atoms with Gasteiger partial charge in [-0.15, -0.1) is 0 Å². The normalized spacial score (nSPS) is 11.2. The topological polar surface area (TPSA) is 40.5 Å². The number of phenols is 1. The Morgan fingerprint density at radius 1 is 1.47 bits per heavy atom. The highest BCUT2D eigenvalue weighted by Gasteiger charge is 2.14. The molecule has 0 aliphatic carbocycles. The Bertz CT molecular complexity index is 404. The standard InChI is InChI=1S/C13H18FNO2/c1-9(2)7-15(3)8-13(17)11-6-10(14)4-5-12(11)16/h4-6,9,16H,7-8H2,1-3H3. The number of carbonyl (C=O) groups is 1. The molecule has 0 saturated heterocycles. The first kappa shape index (κ1) is 13.6. The molecule has 0 saturated carbocycles. The van der Waals surface area contributed by atoms with Crippen molar-refractivity contribution in [2.75, 3.05) is 20.1 Å². The van der Waals surface area contributed by atoms with Gasteiger partial charge < -0.3 is 5.11 Å². The van der Waals surface area contributed by atoms with Crippen molar-refractivity contribution in [3.63, 3.8) is 0 Å². The van der Waals surface area contributed by atoms with Crippen molar-refractivity contribution < 1.29 is 14.3 Å². The summed E-state index contributed by atoms with van der Waals surface area (Å²) in [5, 5.41) is 9.49. The van der Waals surface area contributed by atoms with Crippen LogP contribution >= 0.6 is 0 Å². The van der Waals surface area contributed by atoms with Crippen molar-refractivity contribution in [3.8, 4) is 5.75 Å². The maximum Gasteiger partial charge on any atom is 0.180 e. The molecular formula is C13H18FNO2.